The van der Waals surface area contributed by atoms with Crippen LogP contribution >= 0.6 is 11.6 Å². The van der Waals surface area contributed by atoms with Gasteiger partial charge in [0, 0.05) is 18.0 Å². The van der Waals surface area contributed by atoms with Gasteiger partial charge in [0.15, 0.2) is 0 Å². The van der Waals surface area contributed by atoms with E-state index in [0.29, 0.717) is 12.4 Å². The molecule has 0 aliphatic carbocycles. The number of hydrogen-bond donors (Lipinski definition) is 1. The molecule has 8 heteroatoms. The fraction of sp³-hybridized carbons (Fsp3) is 0.500. The van der Waals surface area contributed by atoms with Gasteiger partial charge in [-0.3, -0.25) is 9.59 Å². The summed E-state index contributed by atoms with van der Waals surface area (Å²) >= 11 is 5.71. The molecule has 2 aromatic rings. The molecular formula is C22H31ClN4O3. The van der Waals surface area contributed by atoms with E-state index < -0.39 is 0 Å². The average molecular weight is 435 g/mol. The highest BCUT2D eigenvalue weighted by molar-refractivity contribution is 6.27. The largest absolute Gasteiger partial charge is 0.497 e. The van der Waals surface area contributed by atoms with Crippen molar-refractivity contribution in [3.63, 3.8) is 0 Å². The van der Waals surface area contributed by atoms with E-state index in [1.165, 1.54) is 4.90 Å². The second-order valence-corrected chi connectivity index (χ2v) is 8.89. The van der Waals surface area contributed by atoms with Gasteiger partial charge in [-0.15, -0.1) is 11.6 Å². The standard InChI is InChI=1S/C22H31ClN4O3/c1-15(2)13-26(21(29)12-23)14-20(28)24-19-11-18(22(3,4)5)25-27(19)16-7-9-17(30-6)10-8-16/h7-11,15H,12-14H2,1-6H3,(H,24,28). The maximum absolute atomic E-state index is 12.8. The number of methoxy groups -OCH3 is 1. The monoisotopic (exact) mass is 434 g/mol. The van der Waals surface area contributed by atoms with Crippen LogP contribution in [0.1, 0.15) is 40.3 Å². The first kappa shape index (κ1) is 23.7. The molecule has 0 unspecified atom stereocenters. The number of aromatic nitrogens is 2. The Balaban J connectivity index is 2.31. The topological polar surface area (TPSA) is 76.5 Å². The molecule has 7 nitrogen and oxygen atoms in total. The van der Waals surface area contributed by atoms with E-state index in [4.69, 9.17) is 21.4 Å². The first-order chi connectivity index (χ1) is 14.0. The first-order valence-electron chi connectivity index (χ1n) is 9.93. The number of carbonyl (C=O) groups excluding carboxylic acids is 2. The van der Waals surface area contributed by atoms with Crippen LogP contribution in [0.5, 0.6) is 5.75 Å². The zero-order valence-electron chi connectivity index (χ0n) is 18.5. The van der Waals surface area contributed by atoms with E-state index in [1.807, 2.05) is 44.2 Å². The van der Waals surface area contributed by atoms with Gasteiger partial charge < -0.3 is 15.0 Å². The molecule has 2 amide bonds. The third kappa shape index (κ3) is 6.23. The van der Waals surface area contributed by atoms with Crippen molar-refractivity contribution in [1.29, 1.82) is 0 Å². The molecule has 164 valence electrons. The van der Waals surface area contributed by atoms with Crippen molar-refractivity contribution < 1.29 is 14.3 Å². The van der Waals surface area contributed by atoms with E-state index in [-0.39, 0.29) is 35.6 Å². The van der Waals surface area contributed by atoms with Crippen LogP contribution in [-0.4, -0.2) is 52.6 Å². The lowest BCUT2D eigenvalue weighted by molar-refractivity contribution is -0.133. The molecule has 0 radical (unpaired) electrons. The van der Waals surface area contributed by atoms with Gasteiger partial charge in [-0.25, -0.2) is 4.68 Å². The molecule has 0 aliphatic heterocycles. The number of anilines is 1. The highest BCUT2D eigenvalue weighted by Crippen LogP contribution is 2.27. The summed E-state index contributed by atoms with van der Waals surface area (Å²) in [5, 5.41) is 7.60. The van der Waals surface area contributed by atoms with Crippen LogP contribution in [0.25, 0.3) is 5.69 Å². The van der Waals surface area contributed by atoms with Gasteiger partial charge in [0.05, 0.1) is 25.0 Å². The number of hydrogen-bond acceptors (Lipinski definition) is 4. The van der Waals surface area contributed by atoms with E-state index >= 15 is 0 Å². The average Bonchev–Trinajstić information content (AvgIpc) is 3.10. The molecule has 30 heavy (non-hydrogen) atoms. The predicted octanol–water partition coefficient (Wildman–Crippen LogP) is 3.84. The minimum Gasteiger partial charge on any atom is -0.497 e. The Morgan fingerprint density at radius 3 is 2.37 bits per heavy atom. The number of amides is 2. The minimum absolute atomic E-state index is 0.0671. The van der Waals surface area contributed by atoms with E-state index in [9.17, 15) is 9.59 Å². The number of alkyl halides is 1. The Morgan fingerprint density at radius 2 is 1.87 bits per heavy atom. The van der Waals surface area contributed by atoms with Crippen molar-refractivity contribution in [3.05, 3.63) is 36.0 Å². The fourth-order valence-electron chi connectivity index (χ4n) is 2.89. The summed E-state index contributed by atoms with van der Waals surface area (Å²) in [6.07, 6.45) is 0. The number of ether oxygens (including phenoxy) is 1. The first-order valence-corrected chi connectivity index (χ1v) is 10.5. The van der Waals surface area contributed by atoms with Gasteiger partial charge in [0.2, 0.25) is 11.8 Å². The van der Waals surface area contributed by atoms with Gasteiger partial charge >= 0.3 is 0 Å². The predicted molar refractivity (Wildman–Crippen MR) is 120 cm³/mol. The van der Waals surface area contributed by atoms with E-state index in [0.717, 1.165) is 17.1 Å². The molecule has 1 aromatic carbocycles. The summed E-state index contributed by atoms with van der Waals surface area (Å²) < 4.78 is 6.91. The third-order valence-corrected chi connectivity index (χ3v) is 4.68. The Morgan fingerprint density at radius 1 is 1.23 bits per heavy atom. The van der Waals surface area contributed by atoms with Crippen molar-refractivity contribution in [2.45, 2.75) is 40.0 Å². The molecule has 2 rings (SSSR count). The summed E-state index contributed by atoms with van der Waals surface area (Å²) in [6, 6.07) is 9.27. The molecular weight excluding hydrogens is 404 g/mol. The minimum atomic E-state index is -0.302. The Bertz CT molecular complexity index is 869. The molecule has 1 aromatic heterocycles. The fourth-order valence-corrected chi connectivity index (χ4v) is 3.06. The Kier molecular flexibility index (Phi) is 7.89. The van der Waals surface area contributed by atoms with Crippen LogP contribution < -0.4 is 10.1 Å². The van der Waals surface area contributed by atoms with Gasteiger partial charge in [-0.2, -0.15) is 5.10 Å². The highest BCUT2D eigenvalue weighted by atomic mass is 35.5. The quantitative estimate of drug-likeness (QED) is 0.640. The Hall–Kier alpha value is -2.54. The SMILES string of the molecule is COc1ccc(-n2nc(C(C)(C)C)cc2NC(=O)CN(CC(C)C)C(=O)CCl)cc1. The summed E-state index contributed by atoms with van der Waals surface area (Å²) in [5.41, 5.74) is 1.43. The van der Waals surface area contributed by atoms with Crippen LogP contribution in [0.15, 0.2) is 30.3 Å². The molecule has 0 bridgehead atoms. The summed E-state index contributed by atoms with van der Waals surface area (Å²) in [6.45, 7) is 10.5. The number of carbonyl (C=O) groups is 2. The van der Waals surface area contributed by atoms with Crippen molar-refractivity contribution in [2.75, 3.05) is 31.4 Å². The lowest BCUT2D eigenvalue weighted by atomic mass is 9.92. The maximum Gasteiger partial charge on any atom is 0.245 e. The zero-order valence-corrected chi connectivity index (χ0v) is 19.3. The smallest absolute Gasteiger partial charge is 0.245 e. The van der Waals surface area contributed by atoms with Crippen LogP contribution in [0.4, 0.5) is 5.82 Å². The number of nitrogens with zero attached hydrogens (tertiary/aromatic N) is 3. The maximum atomic E-state index is 12.8. The number of rotatable bonds is 8. The van der Waals surface area contributed by atoms with Crippen molar-refractivity contribution in [1.82, 2.24) is 14.7 Å². The van der Waals surface area contributed by atoms with Crippen molar-refractivity contribution >= 4 is 29.2 Å². The van der Waals surface area contributed by atoms with Gasteiger partial charge in [-0.1, -0.05) is 34.6 Å². The highest BCUT2D eigenvalue weighted by Gasteiger charge is 2.23. The molecule has 0 saturated carbocycles. The molecule has 0 spiro atoms. The van der Waals surface area contributed by atoms with Gasteiger partial charge in [0.25, 0.3) is 0 Å². The Labute approximate surface area is 183 Å². The third-order valence-electron chi connectivity index (χ3n) is 4.45. The number of nitrogens with one attached hydrogen (secondary N) is 1. The summed E-state index contributed by atoms with van der Waals surface area (Å²) in [5.74, 6) is 0.776. The van der Waals surface area contributed by atoms with Crippen molar-refractivity contribution in [2.24, 2.45) is 5.92 Å². The molecule has 0 fully saturated rings. The van der Waals surface area contributed by atoms with Crippen LogP contribution in [-0.2, 0) is 15.0 Å². The van der Waals surface area contributed by atoms with E-state index in [2.05, 4.69) is 26.1 Å². The number of halogens is 1. The normalized spacial score (nSPS) is 11.5. The molecule has 0 aliphatic rings. The lowest BCUT2D eigenvalue weighted by Gasteiger charge is -2.23. The molecule has 1 N–H and O–H groups in total. The summed E-state index contributed by atoms with van der Waals surface area (Å²) in [7, 11) is 1.61. The van der Waals surface area contributed by atoms with Gasteiger partial charge in [0.1, 0.15) is 17.4 Å². The molecule has 0 atom stereocenters. The van der Waals surface area contributed by atoms with Crippen LogP contribution in [0, 0.1) is 5.92 Å². The van der Waals surface area contributed by atoms with Gasteiger partial charge in [-0.05, 0) is 30.2 Å². The van der Waals surface area contributed by atoms with Crippen LogP contribution in [0.3, 0.4) is 0 Å². The number of benzene rings is 1. The second kappa shape index (κ2) is 9.98. The van der Waals surface area contributed by atoms with Crippen LogP contribution in [0.2, 0.25) is 0 Å². The zero-order chi connectivity index (χ0) is 22.5. The van der Waals surface area contributed by atoms with E-state index in [1.54, 1.807) is 11.8 Å². The molecule has 0 saturated heterocycles. The molecule has 1 heterocycles. The lowest BCUT2D eigenvalue weighted by Crippen LogP contribution is -2.41. The summed E-state index contributed by atoms with van der Waals surface area (Å²) in [4.78, 5) is 26.3. The second-order valence-electron chi connectivity index (χ2n) is 8.62. The van der Waals surface area contributed by atoms with Crippen molar-refractivity contribution in [3.8, 4) is 11.4 Å².